The van der Waals surface area contributed by atoms with Crippen LogP contribution in [0.5, 0.6) is 11.5 Å². The maximum Gasteiger partial charge on any atom is 0.342 e. The minimum absolute atomic E-state index is 0.00479. The average Bonchev–Trinajstić information content (AvgIpc) is 2.94. The Balaban J connectivity index is 1.73. The van der Waals surface area contributed by atoms with Crippen LogP contribution in [0.3, 0.4) is 0 Å². The van der Waals surface area contributed by atoms with Crippen molar-refractivity contribution in [2.24, 2.45) is 11.3 Å². The molecule has 242 valence electrons. The van der Waals surface area contributed by atoms with Crippen molar-refractivity contribution in [1.29, 1.82) is 0 Å². The average molecular weight is 610 g/mol. The van der Waals surface area contributed by atoms with Gasteiger partial charge < -0.3 is 49.8 Å². The minimum Gasteiger partial charge on any atom is -0.508 e. The quantitative estimate of drug-likeness (QED) is 0.115. The molecule has 1 fully saturated rings. The number of aromatic hydroxyl groups is 2. The summed E-state index contributed by atoms with van der Waals surface area (Å²) in [6.45, 7) is 12.6. The lowest BCUT2D eigenvalue weighted by Gasteiger charge is -2.48. The highest BCUT2D eigenvalue weighted by atomic mass is 16.6. The van der Waals surface area contributed by atoms with Crippen molar-refractivity contribution in [3.63, 3.8) is 0 Å². The number of benzene rings is 1. The molecule has 1 aromatic carbocycles. The largest absolute Gasteiger partial charge is 0.508 e. The second-order valence-corrected chi connectivity index (χ2v) is 12.5. The first-order chi connectivity index (χ1) is 20.0. The van der Waals surface area contributed by atoms with Gasteiger partial charge in [0.05, 0.1) is 24.4 Å². The number of ether oxygens (including phenoxy) is 4. The van der Waals surface area contributed by atoms with Crippen LogP contribution in [0.1, 0.15) is 68.4 Å². The zero-order valence-corrected chi connectivity index (χ0v) is 26.0. The molecule has 2 heterocycles. The van der Waals surface area contributed by atoms with Crippen LogP contribution in [0, 0.1) is 18.3 Å². The van der Waals surface area contributed by atoms with E-state index in [9.17, 15) is 35.1 Å². The van der Waals surface area contributed by atoms with Crippen LogP contribution < -0.4 is 5.32 Å². The summed E-state index contributed by atoms with van der Waals surface area (Å²) in [6, 6.07) is 1.10. The molecule has 12 heteroatoms. The van der Waals surface area contributed by atoms with E-state index in [0.717, 1.165) is 11.6 Å². The summed E-state index contributed by atoms with van der Waals surface area (Å²) in [4.78, 5) is 25.6. The number of rotatable bonds is 12. The zero-order valence-electron chi connectivity index (χ0n) is 26.0. The molecule has 6 N–H and O–H groups in total. The number of aliphatic hydroxyl groups excluding tert-OH is 3. The van der Waals surface area contributed by atoms with Crippen molar-refractivity contribution < 1.29 is 54.1 Å². The zero-order chi connectivity index (χ0) is 32.4. The van der Waals surface area contributed by atoms with Crippen molar-refractivity contribution in [2.45, 2.75) is 109 Å². The van der Waals surface area contributed by atoms with Crippen LogP contribution in [-0.4, -0.2) is 101 Å². The molecular formula is C31H47NO11. The van der Waals surface area contributed by atoms with Gasteiger partial charge in [0.25, 0.3) is 5.91 Å². The van der Waals surface area contributed by atoms with E-state index in [4.69, 9.17) is 18.9 Å². The number of hydrogen-bond acceptors (Lipinski definition) is 11. The molecule has 1 saturated heterocycles. The monoisotopic (exact) mass is 609 g/mol. The number of cyclic esters (lactones) is 1. The molecule has 0 radical (unpaired) electrons. The molecular weight excluding hydrogens is 562 g/mol. The van der Waals surface area contributed by atoms with Crippen molar-refractivity contribution in [2.75, 3.05) is 14.2 Å². The predicted octanol–water partition coefficient (Wildman–Crippen LogP) is 1.85. The lowest BCUT2D eigenvalue weighted by molar-refractivity contribution is -0.217. The van der Waals surface area contributed by atoms with Crippen molar-refractivity contribution in [3.05, 3.63) is 34.9 Å². The van der Waals surface area contributed by atoms with Crippen molar-refractivity contribution in [3.8, 4) is 11.5 Å². The molecule has 43 heavy (non-hydrogen) atoms. The van der Waals surface area contributed by atoms with Gasteiger partial charge in [0.2, 0.25) is 0 Å². The Kier molecular flexibility index (Phi) is 11.2. The number of esters is 1. The van der Waals surface area contributed by atoms with E-state index < -0.39 is 72.2 Å². The number of amides is 1. The number of methoxy groups -OCH3 is 2. The molecule has 1 aromatic rings. The molecule has 3 rings (SSSR count). The summed E-state index contributed by atoms with van der Waals surface area (Å²) >= 11 is 0. The first-order valence-electron chi connectivity index (χ1n) is 14.5. The molecule has 2 aliphatic heterocycles. The van der Waals surface area contributed by atoms with Gasteiger partial charge in [-0.25, -0.2) is 4.79 Å². The molecule has 2 unspecified atom stereocenters. The Morgan fingerprint density at radius 2 is 1.84 bits per heavy atom. The van der Waals surface area contributed by atoms with E-state index in [2.05, 4.69) is 11.9 Å². The molecule has 9 atom stereocenters. The number of phenols is 2. The number of aliphatic hydroxyl groups is 3. The van der Waals surface area contributed by atoms with Gasteiger partial charge in [0.1, 0.15) is 29.3 Å². The Morgan fingerprint density at radius 3 is 2.42 bits per heavy atom. The first kappa shape index (κ1) is 34.7. The van der Waals surface area contributed by atoms with Gasteiger partial charge in [-0.15, -0.1) is 6.58 Å². The summed E-state index contributed by atoms with van der Waals surface area (Å²) < 4.78 is 22.7. The Labute approximate surface area is 252 Å². The van der Waals surface area contributed by atoms with Crippen LogP contribution >= 0.6 is 0 Å². The summed E-state index contributed by atoms with van der Waals surface area (Å²) in [7, 11) is 2.76. The Bertz CT molecular complexity index is 1180. The van der Waals surface area contributed by atoms with Crippen molar-refractivity contribution >= 4 is 11.9 Å². The van der Waals surface area contributed by atoms with Gasteiger partial charge in [-0.05, 0) is 31.4 Å². The topological polar surface area (TPSA) is 184 Å². The Morgan fingerprint density at radius 1 is 1.19 bits per heavy atom. The van der Waals surface area contributed by atoms with E-state index >= 15 is 0 Å². The van der Waals surface area contributed by atoms with Crippen LogP contribution in [0.25, 0.3) is 0 Å². The SMILES string of the molecule is C=C(C)CC(OC)[C@H](O)C(=O)N[C@@H](OC)[C@@H]1C[C@@H](O)C(C)(C)[C@@H](C[C@H](O)C(C)[C@H]2Cc3c(C)c(O)cc(O)c3C(=O)O2)O1. The number of carbonyl (C=O) groups excluding carboxylic acids is 2. The molecule has 0 aromatic heterocycles. The lowest BCUT2D eigenvalue weighted by atomic mass is 9.73. The summed E-state index contributed by atoms with van der Waals surface area (Å²) in [5, 5.41) is 56.0. The minimum atomic E-state index is -1.50. The molecule has 1 amide bonds. The third-order valence-corrected chi connectivity index (χ3v) is 9.02. The fourth-order valence-corrected chi connectivity index (χ4v) is 5.80. The van der Waals surface area contributed by atoms with Gasteiger partial charge in [-0.3, -0.25) is 4.79 Å². The number of nitrogens with one attached hydrogen (secondary N) is 1. The molecule has 0 spiro atoms. The smallest absolute Gasteiger partial charge is 0.342 e. The summed E-state index contributed by atoms with van der Waals surface area (Å²) in [6.07, 6.45) is -6.89. The highest BCUT2D eigenvalue weighted by Crippen LogP contribution is 2.42. The number of phenolic OH excluding ortho intramolecular Hbond substituents is 2. The number of carbonyl (C=O) groups is 2. The van der Waals surface area contributed by atoms with Gasteiger partial charge in [-0.2, -0.15) is 0 Å². The third kappa shape index (κ3) is 7.50. The van der Waals surface area contributed by atoms with Crippen LogP contribution in [0.2, 0.25) is 0 Å². The van der Waals surface area contributed by atoms with E-state index in [0.29, 0.717) is 11.1 Å². The number of hydrogen-bond donors (Lipinski definition) is 6. The van der Waals surface area contributed by atoms with Crippen LogP contribution in [0.15, 0.2) is 18.2 Å². The van der Waals surface area contributed by atoms with E-state index in [1.54, 1.807) is 20.8 Å². The summed E-state index contributed by atoms with van der Waals surface area (Å²) in [5.74, 6) is -2.57. The van der Waals surface area contributed by atoms with Crippen molar-refractivity contribution in [1.82, 2.24) is 5.32 Å². The summed E-state index contributed by atoms with van der Waals surface area (Å²) in [5.41, 5.74) is 0.851. The highest BCUT2D eigenvalue weighted by molar-refractivity contribution is 5.96. The number of fused-ring (bicyclic) bond motifs is 1. The lowest BCUT2D eigenvalue weighted by Crippen LogP contribution is -2.59. The molecule has 0 aliphatic carbocycles. The fraction of sp³-hybridized carbons (Fsp3) is 0.677. The maximum absolute atomic E-state index is 12.9. The van der Waals surface area contributed by atoms with Gasteiger partial charge >= 0.3 is 5.97 Å². The molecule has 12 nitrogen and oxygen atoms in total. The third-order valence-electron chi connectivity index (χ3n) is 9.02. The van der Waals surface area contributed by atoms with E-state index in [-0.39, 0.29) is 42.7 Å². The second kappa shape index (κ2) is 13.9. The molecule has 2 aliphatic rings. The van der Waals surface area contributed by atoms with Crippen LogP contribution in [-0.2, 0) is 30.2 Å². The van der Waals surface area contributed by atoms with Gasteiger partial charge in [0.15, 0.2) is 12.3 Å². The van der Waals surface area contributed by atoms with E-state index in [1.165, 1.54) is 14.2 Å². The Hall–Kier alpha value is -2.74. The highest BCUT2D eigenvalue weighted by Gasteiger charge is 2.48. The predicted molar refractivity (Wildman–Crippen MR) is 155 cm³/mol. The normalized spacial score (nSPS) is 26.8. The fourth-order valence-electron chi connectivity index (χ4n) is 5.80. The van der Waals surface area contributed by atoms with E-state index in [1.807, 2.05) is 13.8 Å². The maximum atomic E-state index is 12.9. The first-order valence-corrected chi connectivity index (χ1v) is 14.5. The molecule has 0 saturated carbocycles. The standard InChI is InChI=1S/C31H47NO11/c1-14(2)9-22(40-7)27(37)28(38)32-29(41-8)23-13-24(36)31(5,6)25(42-23)12-19(34)16(4)21-10-17-15(3)18(33)11-20(35)26(17)30(39)43-21/h11,16,19,21-25,27,29,33-37H,1,9-10,12-13H2,2-8H3,(H,32,38)/t16?,19-,21+,22?,23-,24+,25+,27-,29-/m0/s1. The van der Waals surface area contributed by atoms with Gasteiger partial charge in [-0.1, -0.05) is 26.3 Å². The molecule has 0 bridgehead atoms. The van der Waals surface area contributed by atoms with Gasteiger partial charge in [0, 0.05) is 50.9 Å². The van der Waals surface area contributed by atoms with Crippen LogP contribution in [0.4, 0.5) is 0 Å². The second-order valence-electron chi connectivity index (χ2n) is 12.5.